The van der Waals surface area contributed by atoms with Crippen LogP contribution in [0.25, 0.3) is 0 Å². The van der Waals surface area contributed by atoms with Crippen LogP contribution in [-0.4, -0.2) is 0 Å². The summed E-state index contributed by atoms with van der Waals surface area (Å²) >= 11 is 0. The average Bonchev–Trinajstić information content (AvgIpc) is 2.74. The molecule has 0 heterocycles. The molecule has 0 aliphatic rings. The fourth-order valence-electron chi connectivity index (χ4n) is 2.44. The van der Waals surface area contributed by atoms with E-state index in [2.05, 4.69) is 115 Å². The summed E-state index contributed by atoms with van der Waals surface area (Å²) in [7, 11) is -0.877. The molecule has 0 amide bonds. The van der Waals surface area contributed by atoms with E-state index in [4.69, 9.17) is 12.8 Å². The second kappa shape index (κ2) is 18.8. The van der Waals surface area contributed by atoms with Crippen molar-refractivity contribution in [3.63, 3.8) is 0 Å². The standard InChI is InChI=1S/C18H15P.C8.CH3.2Au/c1-4-10-16(11-5-1)19(17-12-6-2-7-13-17)18-14-8-3-9-15-18;1-3-5-7-8-6-4-2;;;/h1-15H;;1H3;;/q;-2;-1;;+1/p+1. The van der Waals surface area contributed by atoms with Crippen LogP contribution in [0, 0.1) is 55.8 Å². The quantitative estimate of drug-likeness (QED) is 0.165. The molecule has 0 aromatic heterocycles. The van der Waals surface area contributed by atoms with Gasteiger partial charge in [-0.3, -0.25) is 11.8 Å². The summed E-state index contributed by atoms with van der Waals surface area (Å²) in [6, 6.07) is 32.5. The van der Waals surface area contributed by atoms with Crippen LogP contribution in [0.2, 0.25) is 0 Å². The summed E-state index contributed by atoms with van der Waals surface area (Å²) in [5.74, 6) is 12.4. The first-order chi connectivity index (χ1) is 13.4. The second-order valence-electron chi connectivity index (χ2n) is 5.22. The maximum absolute atomic E-state index is 6.28. The molecule has 0 unspecified atom stereocenters. The molecule has 0 nitrogen and oxygen atoms in total. The predicted molar refractivity (Wildman–Crippen MR) is 123 cm³/mol. The van der Waals surface area contributed by atoms with Gasteiger partial charge in [-0.15, -0.1) is 11.8 Å². The Kier molecular flexibility index (Phi) is 18.8. The van der Waals surface area contributed by atoms with Crippen molar-refractivity contribution in [2.75, 3.05) is 0 Å². The minimum atomic E-state index is -0.877. The van der Waals surface area contributed by atoms with Gasteiger partial charge in [0.1, 0.15) is 15.9 Å². The smallest absolute Gasteiger partial charge is 0.358 e. The van der Waals surface area contributed by atoms with Crippen LogP contribution in [0.1, 0.15) is 0 Å². The van der Waals surface area contributed by atoms with Crippen LogP contribution in [0.15, 0.2) is 91.0 Å². The van der Waals surface area contributed by atoms with Gasteiger partial charge in [-0.1, -0.05) is 54.6 Å². The molecule has 0 saturated carbocycles. The largest absolute Gasteiger partial charge is 1.00 e. The molecule has 1 radical (unpaired) electrons. The third-order valence-electron chi connectivity index (χ3n) is 3.50. The SMILES string of the molecule is [Au+].[Au].[C-]#CC#CC#CC#[C-].[CH3-].c1ccc([PH+](c2ccccc2)c2ccccc2)cc1. The molecule has 0 saturated heterocycles. The summed E-state index contributed by atoms with van der Waals surface area (Å²) in [4.78, 5) is 0. The van der Waals surface area contributed by atoms with Gasteiger partial charge in [-0.05, 0) is 36.4 Å². The molecular weight excluding hydrogens is 749 g/mol. The Balaban J connectivity index is 0. The Morgan fingerprint density at radius 3 is 1.00 bits per heavy atom. The Labute approximate surface area is 214 Å². The van der Waals surface area contributed by atoms with Crippen LogP contribution < -0.4 is 15.9 Å². The first-order valence-corrected chi connectivity index (χ1v) is 9.73. The molecule has 0 spiro atoms. The number of rotatable bonds is 3. The first-order valence-electron chi connectivity index (χ1n) is 8.23. The van der Waals surface area contributed by atoms with Crippen molar-refractivity contribution < 1.29 is 44.8 Å². The third-order valence-corrected chi connectivity index (χ3v) is 6.23. The van der Waals surface area contributed by atoms with Crippen molar-refractivity contribution in [1.82, 2.24) is 0 Å². The zero-order valence-electron chi connectivity index (χ0n) is 16.3. The minimum absolute atomic E-state index is 0. The van der Waals surface area contributed by atoms with E-state index >= 15 is 0 Å². The minimum Gasteiger partial charge on any atom is -0.358 e. The van der Waals surface area contributed by atoms with E-state index in [0.717, 1.165) is 0 Å². The van der Waals surface area contributed by atoms with Gasteiger partial charge >= 0.3 is 22.4 Å². The van der Waals surface area contributed by atoms with Crippen LogP contribution >= 0.6 is 7.92 Å². The van der Waals surface area contributed by atoms with E-state index in [9.17, 15) is 0 Å². The van der Waals surface area contributed by atoms with Crippen LogP contribution in [0.5, 0.6) is 0 Å². The molecule has 155 valence electrons. The Bertz CT molecular complexity index is 916. The van der Waals surface area contributed by atoms with Gasteiger partial charge in [0.05, 0.1) is 7.92 Å². The topological polar surface area (TPSA) is 0 Å². The Hall–Kier alpha value is -2.19. The van der Waals surface area contributed by atoms with E-state index in [1.165, 1.54) is 15.9 Å². The number of hydrogen-bond donors (Lipinski definition) is 0. The molecule has 0 aliphatic heterocycles. The van der Waals surface area contributed by atoms with Crippen molar-refractivity contribution in [3.8, 4) is 35.5 Å². The Morgan fingerprint density at radius 1 is 0.500 bits per heavy atom. The molecule has 3 rings (SSSR count). The maximum Gasteiger partial charge on any atom is 1.00 e. The van der Waals surface area contributed by atoms with Gasteiger partial charge in [0.15, 0.2) is 0 Å². The monoisotopic (exact) mass is 768 g/mol. The van der Waals surface area contributed by atoms with Crippen molar-refractivity contribution in [3.05, 3.63) is 111 Å². The van der Waals surface area contributed by atoms with E-state index in [1.807, 2.05) is 11.8 Å². The van der Waals surface area contributed by atoms with Crippen LogP contribution in [0.3, 0.4) is 0 Å². The van der Waals surface area contributed by atoms with Crippen LogP contribution in [0.4, 0.5) is 0 Å². The Morgan fingerprint density at radius 2 is 0.767 bits per heavy atom. The van der Waals surface area contributed by atoms with Crippen molar-refractivity contribution >= 4 is 23.8 Å². The summed E-state index contributed by atoms with van der Waals surface area (Å²) < 4.78 is 0. The molecule has 0 bridgehead atoms. The molecule has 0 aliphatic carbocycles. The van der Waals surface area contributed by atoms with Gasteiger partial charge in [0.25, 0.3) is 0 Å². The van der Waals surface area contributed by atoms with Crippen molar-refractivity contribution in [2.45, 2.75) is 0 Å². The van der Waals surface area contributed by atoms with Gasteiger partial charge in [-0.25, -0.2) is 11.8 Å². The summed E-state index contributed by atoms with van der Waals surface area (Å²) in [6.45, 7) is 0. The average molecular weight is 768 g/mol. The van der Waals surface area contributed by atoms with Crippen molar-refractivity contribution in [2.24, 2.45) is 0 Å². The van der Waals surface area contributed by atoms with E-state index in [1.54, 1.807) is 0 Å². The third kappa shape index (κ3) is 10.5. The predicted octanol–water partition coefficient (Wildman–Crippen LogP) is 3.80. The number of benzene rings is 3. The summed E-state index contributed by atoms with van der Waals surface area (Å²) in [5, 5.41) is 4.31. The van der Waals surface area contributed by atoms with E-state index < -0.39 is 7.92 Å². The van der Waals surface area contributed by atoms with Gasteiger partial charge in [0.2, 0.25) is 0 Å². The fourth-order valence-corrected chi connectivity index (χ4v) is 5.02. The zero-order valence-corrected chi connectivity index (χ0v) is 21.6. The molecule has 0 N–H and O–H groups in total. The zero-order chi connectivity index (χ0) is 19.2. The van der Waals surface area contributed by atoms with E-state index in [-0.39, 0.29) is 52.2 Å². The molecular formula is C27H19Au2P-. The fraction of sp³-hybridized carbons (Fsp3) is 0. The van der Waals surface area contributed by atoms with Crippen LogP contribution in [-0.2, 0) is 44.8 Å². The first kappa shape index (κ1) is 30.0. The molecule has 0 atom stereocenters. The molecule has 30 heavy (non-hydrogen) atoms. The maximum atomic E-state index is 6.28. The molecule has 0 fully saturated rings. The number of hydrogen-bond acceptors (Lipinski definition) is 0. The van der Waals surface area contributed by atoms with Gasteiger partial charge in [-0.2, -0.15) is 0 Å². The second-order valence-corrected chi connectivity index (χ2v) is 7.71. The van der Waals surface area contributed by atoms with E-state index in [0.29, 0.717) is 0 Å². The molecule has 3 heteroatoms. The van der Waals surface area contributed by atoms with Crippen molar-refractivity contribution in [1.29, 1.82) is 0 Å². The summed E-state index contributed by atoms with van der Waals surface area (Å²) in [6.07, 6.45) is 12.6. The van der Waals surface area contributed by atoms with Gasteiger partial charge in [0, 0.05) is 22.4 Å². The summed E-state index contributed by atoms with van der Waals surface area (Å²) in [5.41, 5.74) is 0. The van der Waals surface area contributed by atoms with Gasteiger partial charge < -0.3 is 20.3 Å². The molecule has 3 aromatic carbocycles. The normalized spacial score (nSPS) is 7.57. The molecule has 3 aromatic rings.